The van der Waals surface area contributed by atoms with Crippen LogP contribution in [-0.2, 0) is 6.54 Å². The highest BCUT2D eigenvalue weighted by Gasteiger charge is 2.12. The molecule has 3 nitrogen and oxygen atoms in total. The molecule has 0 aliphatic rings. The topological polar surface area (TPSA) is 28.2 Å². The smallest absolute Gasteiger partial charge is 0.0312 e. The van der Waals surface area contributed by atoms with Gasteiger partial charge in [-0.15, -0.1) is 0 Å². The van der Waals surface area contributed by atoms with E-state index in [1.807, 2.05) is 18.5 Å². The van der Waals surface area contributed by atoms with E-state index in [1.165, 1.54) is 5.56 Å². The fourth-order valence-electron chi connectivity index (χ4n) is 1.81. The minimum Gasteiger partial charge on any atom is -0.312 e. The third kappa shape index (κ3) is 6.12. The van der Waals surface area contributed by atoms with E-state index in [-0.39, 0.29) is 5.54 Å². The van der Waals surface area contributed by atoms with Crippen molar-refractivity contribution in [2.24, 2.45) is 0 Å². The van der Waals surface area contributed by atoms with E-state index in [2.05, 4.69) is 56.0 Å². The van der Waals surface area contributed by atoms with Crippen LogP contribution in [0.1, 0.15) is 39.7 Å². The molecular weight excluding hydrogens is 222 g/mol. The van der Waals surface area contributed by atoms with Crippen molar-refractivity contribution in [2.45, 2.75) is 52.2 Å². The van der Waals surface area contributed by atoms with Gasteiger partial charge in [0.25, 0.3) is 0 Å². The Morgan fingerprint density at radius 3 is 2.67 bits per heavy atom. The highest BCUT2D eigenvalue weighted by atomic mass is 15.1. The number of hydrogen-bond acceptors (Lipinski definition) is 3. The first-order valence-electron chi connectivity index (χ1n) is 6.72. The summed E-state index contributed by atoms with van der Waals surface area (Å²) in [7, 11) is 2.18. The predicted octanol–water partition coefficient (Wildman–Crippen LogP) is 2.68. The summed E-state index contributed by atoms with van der Waals surface area (Å²) in [6, 6.07) is 4.69. The van der Waals surface area contributed by atoms with E-state index in [1.54, 1.807) is 0 Å². The van der Waals surface area contributed by atoms with Crippen LogP contribution in [0, 0.1) is 0 Å². The zero-order chi connectivity index (χ0) is 13.6. The zero-order valence-electron chi connectivity index (χ0n) is 12.4. The molecule has 1 aromatic heterocycles. The highest BCUT2D eigenvalue weighted by molar-refractivity contribution is 5.08. The molecule has 1 unspecified atom stereocenters. The van der Waals surface area contributed by atoms with Gasteiger partial charge in [-0.25, -0.2) is 0 Å². The summed E-state index contributed by atoms with van der Waals surface area (Å²) in [6.45, 7) is 10.9. The molecule has 1 aromatic rings. The first-order chi connectivity index (χ1) is 8.38. The van der Waals surface area contributed by atoms with Crippen LogP contribution in [0.4, 0.5) is 0 Å². The van der Waals surface area contributed by atoms with Gasteiger partial charge in [0.2, 0.25) is 0 Å². The van der Waals surface area contributed by atoms with E-state index in [4.69, 9.17) is 0 Å². The van der Waals surface area contributed by atoms with Gasteiger partial charge in [0.1, 0.15) is 0 Å². The molecule has 18 heavy (non-hydrogen) atoms. The summed E-state index contributed by atoms with van der Waals surface area (Å²) in [4.78, 5) is 6.53. The average Bonchev–Trinajstić information content (AvgIpc) is 2.28. The molecule has 1 rings (SSSR count). The lowest BCUT2D eigenvalue weighted by Crippen LogP contribution is -2.39. The molecule has 0 bridgehead atoms. The Hall–Kier alpha value is -0.930. The van der Waals surface area contributed by atoms with E-state index >= 15 is 0 Å². The average molecular weight is 249 g/mol. The molecule has 0 radical (unpaired) electrons. The number of hydrogen-bond donors (Lipinski definition) is 1. The van der Waals surface area contributed by atoms with Crippen molar-refractivity contribution in [3.8, 4) is 0 Å². The molecule has 0 saturated heterocycles. The van der Waals surface area contributed by atoms with Gasteiger partial charge in [-0.2, -0.15) is 0 Å². The van der Waals surface area contributed by atoms with Crippen LogP contribution in [0.5, 0.6) is 0 Å². The lowest BCUT2D eigenvalue weighted by atomic mass is 10.1. The summed E-state index contributed by atoms with van der Waals surface area (Å²) in [5.74, 6) is 0. The summed E-state index contributed by atoms with van der Waals surface area (Å²) in [6.07, 6.45) is 4.92. The molecule has 0 aliphatic carbocycles. The number of aromatic nitrogens is 1. The second-order valence-corrected chi connectivity index (χ2v) is 6.09. The van der Waals surface area contributed by atoms with Crippen molar-refractivity contribution in [2.75, 3.05) is 13.6 Å². The molecule has 0 fully saturated rings. The fourth-order valence-corrected chi connectivity index (χ4v) is 1.81. The van der Waals surface area contributed by atoms with Crippen LogP contribution < -0.4 is 5.32 Å². The monoisotopic (exact) mass is 249 g/mol. The Morgan fingerprint density at radius 2 is 2.11 bits per heavy atom. The Labute approximate surface area is 112 Å². The Morgan fingerprint density at radius 1 is 1.39 bits per heavy atom. The molecule has 3 heteroatoms. The van der Waals surface area contributed by atoms with E-state index < -0.39 is 0 Å². The summed E-state index contributed by atoms with van der Waals surface area (Å²) < 4.78 is 0. The first-order valence-corrected chi connectivity index (χ1v) is 6.72. The van der Waals surface area contributed by atoms with Gasteiger partial charge in [0, 0.05) is 30.5 Å². The molecule has 0 aliphatic heterocycles. The minimum atomic E-state index is 0.210. The second kappa shape index (κ2) is 6.86. The number of rotatable bonds is 6. The zero-order valence-corrected chi connectivity index (χ0v) is 12.4. The van der Waals surface area contributed by atoms with E-state index in [0.29, 0.717) is 6.04 Å². The van der Waals surface area contributed by atoms with Crippen LogP contribution in [-0.4, -0.2) is 35.1 Å². The summed E-state index contributed by atoms with van der Waals surface area (Å²) >= 11 is 0. The van der Waals surface area contributed by atoms with Crippen molar-refractivity contribution in [1.82, 2.24) is 15.2 Å². The summed E-state index contributed by atoms with van der Waals surface area (Å²) in [5.41, 5.74) is 1.48. The third-order valence-corrected chi connectivity index (χ3v) is 3.12. The molecule has 1 atom stereocenters. The quantitative estimate of drug-likeness (QED) is 0.840. The number of nitrogens with zero attached hydrogens (tertiary/aromatic N) is 2. The lowest BCUT2D eigenvalue weighted by molar-refractivity contribution is 0.231. The van der Waals surface area contributed by atoms with Gasteiger partial charge in [-0.3, -0.25) is 9.88 Å². The Balaban J connectivity index is 2.31. The number of nitrogens with one attached hydrogen (secondary N) is 1. The largest absolute Gasteiger partial charge is 0.312 e. The molecule has 0 saturated carbocycles. The predicted molar refractivity (Wildman–Crippen MR) is 77.5 cm³/mol. The molecule has 1 N–H and O–H groups in total. The van der Waals surface area contributed by atoms with Gasteiger partial charge in [0.15, 0.2) is 0 Å². The molecule has 0 amide bonds. The van der Waals surface area contributed by atoms with Crippen LogP contribution in [0.15, 0.2) is 24.5 Å². The van der Waals surface area contributed by atoms with Gasteiger partial charge in [-0.1, -0.05) is 6.07 Å². The minimum absolute atomic E-state index is 0.210. The van der Waals surface area contributed by atoms with Crippen LogP contribution in [0.3, 0.4) is 0 Å². The molecule has 0 aromatic carbocycles. The fraction of sp³-hybridized carbons (Fsp3) is 0.667. The highest BCUT2D eigenvalue weighted by Crippen LogP contribution is 2.08. The normalized spacial score (nSPS) is 13.9. The van der Waals surface area contributed by atoms with E-state index in [0.717, 1.165) is 19.5 Å². The first kappa shape index (κ1) is 15.1. The maximum atomic E-state index is 4.15. The van der Waals surface area contributed by atoms with Crippen molar-refractivity contribution in [3.05, 3.63) is 30.1 Å². The standard InChI is InChI=1S/C15H27N3/c1-13(8-10-17-15(2,3)4)18(5)12-14-7-6-9-16-11-14/h6-7,9,11,13,17H,8,10,12H2,1-5H3. The Bertz CT molecular complexity index is 329. The van der Waals surface area contributed by atoms with Gasteiger partial charge < -0.3 is 5.32 Å². The van der Waals surface area contributed by atoms with Crippen LogP contribution >= 0.6 is 0 Å². The van der Waals surface area contributed by atoms with Gasteiger partial charge in [0.05, 0.1) is 0 Å². The van der Waals surface area contributed by atoms with Gasteiger partial charge >= 0.3 is 0 Å². The van der Waals surface area contributed by atoms with Crippen LogP contribution in [0.25, 0.3) is 0 Å². The molecule has 0 spiro atoms. The molecule has 102 valence electrons. The molecular formula is C15H27N3. The van der Waals surface area contributed by atoms with E-state index in [9.17, 15) is 0 Å². The Kier molecular flexibility index (Phi) is 5.76. The van der Waals surface area contributed by atoms with Crippen LogP contribution in [0.2, 0.25) is 0 Å². The van der Waals surface area contributed by atoms with Crippen molar-refractivity contribution in [1.29, 1.82) is 0 Å². The SMILES string of the molecule is CC(CCNC(C)(C)C)N(C)Cc1cccnc1. The number of pyridine rings is 1. The lowest BCUT2D eigenvalue weighted by Gasteiger charge is -2.27. The van der Waals surface area contributed by atoms with Crippen molar-refractivity contribution in [3.63, 3.8) is 0 Å². The van der Waals surface area contributed by atoms with Crippen molar-refractivity contribution >= 4 is 0 Å². The van der Waals surface area contributed by atoms with Gasteiger partial charge in [-0.05, 0) is 59.3 Å². The maximum Gasteiger partial charge on any atom is 0.0312 e. The third-order valence-electron chi connectivity index (χ3n) is 3.12. The maximum absolute atomic E-state index is 4.15. The second-order valence-electron chi connectivity index (χ2n) is 6.09. The molecule has 1 heterocycles. The van der Waals surface area contributed by atoms with Crippen molar-refractivity contribution < 1.29 is 0 Å². The summed E-state index contributed by atoms with van der Waals surface area (Å²) in [5, 5.41) is 3.53.